The fourth-order valence-electron chi connectivity index (χ4n) is 4.11. The summed E-state index contributed by atoms with van der Waals surface area (Å²) in [5.41, 5.74) is 0.302. The van der Waals surface area contributed by atoms with Gasteiger partial charge >= 0.3 is 12.1 Å². The molecule has 0 aliphatic heterocycles. The molecule has 0 radical (unpaired) electrons. The van der Waals surface area contributed by atoms with Crippen molar-refractivity contribution in [3.05, 3.63) is 64.7 Å². The summed E-state index contributed by atoms with van der Waals surface area (Å²) in [6, 6.07) is 8.18. The molecule has 0 unspecified atom stereocenters. The number of hydrogen-bond donors (Lipinski definition) is 0. The maximum Gasteiger partial charge on any atom is 0.458 e. The van der Waals surface area contributed by atoms with Gasteiger partial charge in [0.15, 0.2) is 0 Å². The quantitative estimate of drug-likeness (QED) is 0.209. The number of alkyl halides is 3. The molecule has 1 saturated carbocycles. The highest BCUT2D eigenvalue weighted by molar-refractivity contribution is 5.91. The minimum Gasteiger partial charge on any atom is -0.423 e. The second-order valence-corrected chi connectivity index (χ2v) is 8.03. The molecular formula is C25H23F5O2. The number of rotatable bonds is 5. The molecule has 0 saturated heterocycles. The van der Waals surface area contributed by atoms with Crippen molar-refractivity contribution in [1.29, 1.82) is 0 Å². The number of benzene rings is 2. The minimum atomic E-state index is -4.88. The van der Waals surface area contributed by atoms with Gasteiger partial charge in [0, 0.05) is 18.1 Å². The largest absolute Gasteiger partial charge is 0.458 e. The summed E-state index contributed by atoms with van der Waals surface area (Å²) in [7, 11) is 0. The van der Waals surface area contributed by atoms with Crippen LogP contribution in [-0.2, 0) is 0 Å². The van der Waals surface area contributed by atoms with Crippen LogP contribution >= 0.6 is 0 Å². The molecule has 170 valence electrons. The molecule has 7 heteroatoms. The molecule has 0 bridgehead atoms. The number of carbonyl (C=O) groups is 1. The van der Waals surface area contributed by atoms with Gasteiger partial charge in [-0.25, -0.2) is 13.6 Å². The van der Waals surface area contributed by atoms with Gasteiger partial charge < -0.3 is 4.74 Å². The second-order valence-electron chi connectivity index (χ2n) is 8.03. The summed E-state index contributed by atoms with van der Waals surface area (Å²) in [6.45, 7) is 2.20. The van der Waals surface area contributed by atoms with Crippen molar-refractivity contribution in [2.24, 2.45) is 5.92 Å². The van der Waals surface area contributed by atoms with Crippen LogP contribution in [0.4, 0.5) is 22.0 Å². The van der Waals surface area contributed by atoms with Crippen molar-refractivity contribution >= 4 is 5.97 Å². The molecule has 2 nitrogen and oxygen atoms in total. The third-order valence-corrected chi connectivity index (χ3v) is 5.72. The fourth-order valence-corrected chi connectivity index (χ4v) is 4.11. The zero-order valence-electron chi connectivity index (χ0n) is 17.6. The van der Waals surface area contributed by atoms with E-state index in [1.807, 2.05) is 12.1 Å². The predicted octanol–water partition coefficient (Wildman–Crippen LogP) is 7.17. The Morgan fingerprint density at radius 2 is 1.62 bits per heavy atom. The van der Waals surface area contributed by atoms with Gasteiger partial charge in [-0.05, 0) is 55.2 Å². The van der Waals surface area contributed by atoms with Crippen molar-refractivity contribution in [1.82, 2.24) is 0 Å². The van der Waals surface area contributed by atoms with Gasteiger partial charge in [0.1, 0.15) is 17.4 Å². The van der Waals surface area contributed by atoms with E-state index < -0.39 is 35.1 Å². The average molecular weight is 450 g/mol. The molecule has 0 amide bonds. The van der Waals surface area contributed by atoms with Gasteiger partial charge in [-0.2, -0.15) is 13.2 Å². The molecule has 2 aromatic carbocycles. The van der Waals surface area contributed by atoms with Crippen molar-refractivity contribution in [3.63, 3.8) is 0 Å². The lowest BCUT2D eigenvalue weighted by atomic mass is 9.77. The lowest BCUT2D eigenvalue weighted by Gasteiger charge is -2.28. The molecule has 0 aromatic heterocycles. The number of esters is 1. The first kappa shape index (κ1) is 23.8. The molecule has 3 rings (SSSR count). The molecule has 2 aromatic rings. The second kappa shape index (κ2) is 10.2. The Morgan fingerprint density at radius 1 is 1.03 bits per heavy atom. The molecule has 0 atom stereocenters. The van der Waals surface area contributed by atoms with E-state index in [9.17, 15) is 26.7 Å². The fraction of sp³-hybridized carbons (Fsp3) is 0.400. The standard InChI is InChI=1S/C25H23F5O2/c1-2-3-16-4-6-17(7-5-16)18-8-10-19(11-9-18)24(31)32-20-14-22(26)21(23(27)15-20)12-13-25(28,29)30/h8-11,14-17H,2-7H2,1H3. The Bertz CT molecular complexity index is 984. The number of ether oxygens (including phenoxy) is 1. The van der Waals surface area contributed by atoms with E-state index in [-0.39, 0.29) is 5.56 Å². The van der Waals surface area contributed by atoms with Crippen LogP contribution in [0.3, 0.4) is 0 Å². The Balaban J connectivity index is 1.65. The Kier molecular flexibility index (Phi) is 7.55. The zero-order valence-corrected chi connectivity index (χ0v) is 17.6. The molecule has 0 N–H and O–H groups in total. The smallest absolute Gasteiger partial charge is 0.423 e. The zero-order chi connectivity index (χ0) is 23.3. The molecule has 0 heterocycles. The topological polar surface area (TPSA) is 26.3 Å². The van der Waals surface area contributed by atoms with Gasteiger partial charge in [0.25, 0.3) is 0 Å². The summed E-state index contributed by atoms with van der Waals surface area (Å²) in [4.78, 5) is 12.3. The summed E-state index contributed by atoms with van der Waals surface area (Å²) in [5.74, 6) is -0.519. The number of carbonyl (C=O) groups excluding carboxylic acids is 1. The maximum absolute atomic E-state index is 14.0. The first-order chi connectivity index (χ1) is 15.2. The third-order valence-electron chi connectivity index (χ3n) is 5.72. The number of halogens is 5. The summed E-state index contributed by atoms with van der Waals surface area (Å²) >= 11 is 0. The average Bonchev–Trinajstić information content (AvgIpc) is 2.73. The van der Waals surface area contributed by atoms with Crippen LogP contribution in [0.1, 0.15) is 72.9 Å². The van der Waals surface area contributed by atoms with Crippen LogP contribution in [-0.4, -0.2) is 12.1 Å². The van der Waals surface area contributed by atoms with Gasteiger partial charge in [-0.1, -0.05) is 37.8 Å². The van der Waals surface area contributed by atoms with Crippen LogP contribution in [0.2, 0.25) is 0 Å². The van der Waals surface area contributed by atoms with E-state index in [0.717, 1.165) is 30.2 Å². The van der Waals surface area contributed by atoms with E-state index >= 15 is 0 Å². The summed E-state index contributed by atoms with van der Waals surface area (Å²) < 4.78 is 69.4. The molecule has 1 aliphatic carbocycles. The highest BCUT2D eigenvalue weighted by Gasteiger charge is 2.24. The highest BCUT2D eigenvalue weighted by Crippen LogP contribution is 2.37. The van der Waals surface area contributed by atoms with Crippen LogP contribution in [0.25, 0.3) is 0 Å². The van der Waals surface area contributed by atoms with Crippen molar-refractivity contribution in [2.75, 3.05) is 0 Å². The Hall–Kier alpha value is -2.88. The first-order valence-electron chi connectivity index (χ1n) is 10.6. The molecule has 1 fully saturated rings. The van der Waals surface area contributed by atoms with Crippen LogP contribution < -0.4 is 4.74 Å². The first-order valence-corrected chi connectivity index (χ1v) is 10.6. The lowest BCUT2D eigenvalue weighted by Crippen LogP contribution is -2.14. The summed E-state index contributed by atoms with van der Waals surface area (Å²) in [6.07, 6.45) is 2.18. The Labute approximate surface area is 183 Å². The van der Waals surface area contributed by atoms with Gasteiger partial charge in [0.2, 0.25) is 0 Å². The van der Waals surface area contributed by atoms with E-state index in [2.05, 4.69) is 6.92 Å². The number of hydrogen-bond acceptors (Lipinski definition) is 2. The van der Waals surface area contributed by atoms with E-state index in [4.69, 9.17) is 4.74 Å². The van der Waals surface area contributed by atoms with E-state index in [1.54, 1.807) is 12.1 Å². The van der Waals surface area contributed by atoms with Gasteiger partial charge in [-0.15, -0.1) is 0 Å². The minimum absolute atomic E-state index is 0.204. The normalized spacial score (nSPS) is 18.6. The monoisotopic (exact) mass is 450 g/mol. The molecule has 1 aliphatic rings. The lowest BCUT2D eigenvalue weighted by molar-refractivity contribution is -0.0696. The van der Waals surface area contributed by atoms with Crippen LogP contribution in [0, 0.1) is 29.4 Å². The van der Waals surface area contributed by atoms with Gasteiger partial charge in [-0.3, -0.25) is 0 Å². The molecule has 0 spiro atoms. The van der Waals surface area contributed by atoms with Gasteiger partial charge in [0.05, 0.1) is 11.1 Å². The van der Waals surface area contributed by atoms with Crippen LogP contribution in [0.15, 0.2) is 36.4 Å². The predicted molar refractivity (Wildman–Crippen MR) is 110 cm³/mol. The summed E-state index contributed by atoms with van der Waals surface area (Å²) in [5, 5.41) is 0. The highest BCUT2D eigenvalue weighted by atomic mass is 19.4. The van der Waals surface area contributed by atoms with Crippen molar-refractivity contribution in [3.8, 4) is 17.6 Å². The molecular weight excluding hydrogens is 427 g/mol. The third kappa shape index (κ3) is 6.32. The van der Waals surface area contributed by atoms with Crippen LogP contribution in [0.5, 0.6) is 5.75 Å². The van der Waals surface area contributed by atoms with Crippen molar-refractivity contribution < 1.29 is 31.5 Å². The van der Waals surface area contributed by atoms with Crippen molar-refractivity contribution in [2.45, 2.75) is 57.5 Å². The molecule has 32 heavy (non-hydrogen) atoms. The van der Waals surface area contributed by atoms with E-state index in [0.29, 0.717) is 18.1 Å². The maximum atomic E-state index is 14.0. The van der Waals surface area contributed by atoms with E-state index in [1.165, 1.54) is 31.6 Å². The SMILES string of the molecule is CCCC1CCC(c2ccc(C(=O)Oc3cc(F)c(C#CC(F)(F)F)c(F)c3)cc2)CC1. The Morgan fingerprint density at radius 3 is 2.16 bits per heavy atom.